The van der Waals surface area contributed by atoms with Crippen LogP contribution in [0.4, 0.5) is 0 Å². The van der Waals surface area contributed by atoms with Crippen molar-refractivity contribution < 1.29 is 0 Å². The van der Waals surface area contributed by atoms with Crippen LogP contribution in [0.1, 0.15) is 27.2 Å². The highest BCUT2D eigenvalue weighted by Gasteiger charge is 2.25. The normalized spacial score (nSPS) is 16.1. The number of rotatable bonds is 4. The number of nitrogens with two attached hydrogens (primary N) is 1. The summed E-state index contributed by atoms with van der Waals surface area (Å²) >= 11 is 0. The first-order valence-electron chi connectivity index (χ1n) is 4.63. The molecule has 1 heterocycles. The van der Waals surface area contributed by atoms with Crippen molar-refractivity contribution in [1.29, 1.82) is 0 Å². The molecule has 0 saturated carbocycles. The zero-order valence-electron chi connectivity index (χ0n) is 8.57. The van der Waals surface area contributed by atoms with Gasteiger partial charge in [0.1, 0.15) is 12.7 Å². The molecule has 13 heavy (non-hydrogen) atoms. The van der Waals surface area contributed by atoms with Crippen LogP contribution in [0.25, 0.3) is 0 Å². The average Bonchev–Trinajstić information content (AvgIpc) is 2.55. The molecule has 0 spiro atoms. The molecule has 4 nitrogen and oxygen atoms in total. The van der Waals surface area contributed by atoms with Gasteiger partial charge in [-0.1, -0.05) is 13.8 Å². The molecular weight excluding hydrogens is 164 g/mol. The lowest BCUT2D eigenvalue weighted by molar-refractivity contribution is 0.264. The van der Waals surface area contributed by atoms with Gasteiger partial charge in [0, 0.05) is 6.54 Å². The second-order valence-corrected chi connectivity index (χ2v) is 4.17. The summed E-state index contributed by atoms with van der Waals surface area (Å²) in [5.41, 5.74) is 5.73. The molecule has 0 aliphatic carbocycles. The second-order valence-electron chi connectivity index (χ2n) is 4.17. The Morgan fingerprint density at radius 2 is 1.92 bits per heavy atom. The van der Waals surface area contributed by atoms with Crippen molar-refractivity contribution in [2.75, 3.05) is 6.54 Å². The first-order valence-corrected chi connectivity index (χ1v) is 4.63. The van der Waals surface area contributed by atoms with Crippen molar-refractivity contribution in [2.24, 2.45) is 11.7 Å². The minimum atomic E-state index is -0.0440. The van der Waals surface area contributed by atoms with E-state index >= 15 is 0 Å². The van der Waals surface area contributed by atoms with E-state index in [0.29, 0.717) is 12.5 Å². The van der Waals surface area contributed by atoms with Crippen LogP contribution in [-0.4, -0.2) is 21.3 Å². The number of hydrogen-bond acceptors (Lipinski definition) is 3. The summed E-state index contributed by atoms with van der Waals surface area (Å²) in [6, 6.07) is 0. The topological polar surface area (TPSA) is 56.7 Å². The lowest BCUT2D eigenvalue weighted by atomic mass is 9.91. The van der Waals surface area contributed by atoms with Crippen LogP contribution in [0.5, 0.6) is 0 Å². The van der Waals surface area contributed by atoms with Gasteiger partial charge in [-0.2, -0.15) is 0 Å². The van der Waals surface area contributed by atoms with Gasteiger partial charge in [0.2, 0.25) is 0 Å². The van der Waals surface area contributed by atoms with E-state index in [0.717, 1.165) is 6.42 Å². The van der Waals surface area contributed by atoms with Crippen LogP contribution in [0, 0.1) is 5.92 Å². The number of hydrogen-bond donors (Lipinski definition) is 1. The van der Waals surface area contributed by atoms with Gasteiger partial charge in [0.15, 0.2) is 0 Å². The van der Waals surface area contributed by atoms with Gasteiger partial charge >= 0.3 is 0 Å². The zero-order valence-corrected chi connectivity index (χ0v) is 8.57. The molecule has 0 radical (unpaired) electrons. The van der Waals surface area contributed by atoms with Crippen LogP contribution in [0.2, 0.25) is 0 Å². The zero-order chi connectivity index (χ0) is 9.90. The third-order valence-corrected chi connectivity index (χ3v) is 2.33. The van der Waals surface area contributed by atoms with Crippen molar-refractivity contribution in [3.63, 3.8) is 0 Å². The molecule has 0 aliphatic heterocycles. The molecule has 1 atom stereocenters. The van der Waals surface area contributed by atoms with E-state index < -0.39 is 0 Å². The van der Waals surface area contributed by atoms with Gasteiger partial charge in [-0.3, -0.25) is 0 Å². The summed E-state index contributed by atoms with van der Waals surface area (Å²) in [6.45, 7) is 7.14. The molecule has 1 unspecified atom stereocenters. The van der Waals surface area contributed by atoms with Crippen LogP contribution < -0.4 is 5.73 Å². The van der Waals surface area contributed by atoms with E-state index in [1.807, 2.05) is 4.57 Å². The highest BCUT2D eigenvalue weighted by molar-refractivity contribution is 4.86. The molecule has 4 heteroatoms. The number of aromatic nitrogens is 3. The predicted octanol–water partition coefficient (Wildman–Crippen LogP) is 0.998. The first-order chi connectivity index (χ1) is 6.08. The van der Waals surface area contributed by atoms with Crippen LogP contribution in [0.3, 0.4) is 0 Å². The fourth-order valence-corrected chi connectivity index (χ4v) is 1.65. The van der Waals surface area contributed by atoms with Gasteiger partial charge in [0.25, 0.3) is 0 Å². The summed E-state index contributed by atoms with van der Waals surface area (Å²) in [6.07, 6.45) is 4.51. The highest BCUT2D eigenvalue weighted by atomic mass is 15.3. The van der Waals surface area contributed by atoms with E-state index in [1.54, 1.807) is 12.7 Å². The Hall–Kier alpha value is -0.900. The monoisotopic (exact) mass is 182 g/mol. The summed E-state index contributed by atoms with van der Waals surface area (Å²) in [7, 11) is 0. The van der Waals surface area contributed by atoms with Crippen molar-refractivity contribution in [3.05, 3.63) is 12.7 Å². The lowest BCUT2D eigenvalue weighted by Gasteiger charge is -2.30. The molecule has 0 saturated heterocycles. The van der Waals surface area contributed by atoms with Crippen molar-refractivity contribution in [1.82, 2.24) is 14.8 Å². The van der Waals surface area contributed by atoms with E-state index in [9.17, 15) is 0 Å². The SMILES string of the molecule is CC(C)CC(C)(CN)n1cnnc1. The van der Waals surface area contributed by atoms with Crippen molar-refractivity contribution in [3.8, 4) is 0 Å². The molecule has 0 amide bonds. The van der Waals surface area contributed by atoms with E-state index in [1.165, 1.54) is 0 Å². The van der Waals surface area contributed by atoms with Gasteiger partial charge in [-0.15, -0.1) is 10.2 Å². The quantitative estimate of drug-likeness (QED) is 0.755. The van der Waals surface area contributed by atoms with Gasteiger partial charge in [-0.25, -0.2) is 0 Å². The summed E-state index contributed by atoms with van der Waals surface area (Å²) in [5.74, 6) is 0.621. The maximum Gasteiger partial charge on any atom is 0.119 e. The Labute approximate surface area is 79.2 Å². The third kappa shape index (κ3) is 2.28. The highest BCUT2D eigenvalue weighted by Crippen LogP contribution is 2.22. The Kier molecular flexibility index (Phi) is 3.03. The lowest BCUT2D eigenvalue weighted by Crippen LogP contribution is -2.38. The fourth-order valence-electron chi connectivity index (χ4n) is 1.65. The smallest absolute Gasteiger partial charge is 0.119 e. The van der Waals surface area contributed by atoms with Crippen LogP contribution in [0.15, 0.2) is 12.7 Å². The Morgan fingerprint density at radius 3 is 2.31 bits per heavy atom. The molecule has 1 aromatic heterocycles. The van der Waals surface area contributed by atoms with E-state index in [4.69, 9.17) is 5.73 Å². The summed E-state index contributed by atoms with van der Waals surface area (Å²) in [4.78, 5) is 0. The fraction of sp³-hybridized carbons (Fsp3) is 0.778. The molecular formula is C9H18N4. The average molecular weight is 182 g/mol. The minimum absolute atomic E-state index is 0.0440. The standard InChI is InChI=1S/C9H18N4/c1-8(2)4-9(3,5-10)13-6-11-12-7-13/h6-8H,4-5,10H2,1-3H3. The van der Waals surface area contributed by atoms with Crippen molar-refractivity contribution >= 4 is 0 Å². The molecule has 1 rings (SSSR count). The molecule has 1 aromatic rings. The van der Waals surface area contributed by atoms with Gasteiger partial charge in [0.05, 0.1) is 5.54 Å². The Balaban J connectivity index is 2.81. The maximum atomic E-state index is 5.77. The molecule has 0 fully saturated rings. The van der Waals surface area contributed by atoms with E-state index in [2.05, 4.69) is 31.0 Å². The maximum absolute atomic E-state index is 5.77. The largest absolute Gasteiger partial charge is 0.328 e. The van der Waals surface area contributed by atoms with Crippen LogP contribution >= 0.6 is 0 Å². The van der Waals surface area contributed by atoms with Gasteiger partial charge in [-0.05, 0) is 19.3 Å². The van der Waals surface area contributed by atoms with Crippen molar-refractivity contribution in [2.45, 2.75) is 32.7 Å². The molecule has 0 aliphatic rings. The second kappa shape index (κ2) is 3.87. The number of nitrogens with zero attached hydrogens (tertiary/aromatic N) is 3. The summed E-state index contributed by atoms with van der Waals surface area (Å²) in [5, 5.41) is 7.60. The summed E-state index contributed by atoms with van der Waals surface area (Å²) < 4.78 is 1.99. The Bertz CT molecular complexity index is 242. The van der Waals surface area contributed by atoms with Crippen LogP contribution in [-0.2, 0) is 5.54 Å². The van der Waals surface area contributed by atoms with Gasteiger partial charge < -0.3 is 10.3 Å². The van der Waals surface area contributed by atoms with E-state index in [-0.39, 0.29) is 5.54 Å². The third-order valence-electron chi connectivity index (χ3n) is 2.33. The molecule has 0 aromatic carbocycles. The predicted molar refractivity (Wildman–Crippen MR) is 52.2 cm³/mol. The first kappa shape index (κ1) is 10.2. The molecule has 0 bridgehead atoms. The molecule has 2 N–H and O–H groups in total. The molecule has 74 valence electrons. The Morgan fingerprint density at radius 1 is 1.38 bits per heavy atom. The minimum Gasteiger partial charge on any atom is -0.328 e.